The third-order valence-corrected chi connectivity index (χ3v) is 5.74. The monoisotopic (exact) mass is 478 g/mol. The number of imide groups is 1. The number of primary amides is 1. The number of aliphatic imine (C=N–C) groups is 3. The summed E-state index contributed by atoms with van der Waals surface area (Å²) in [5.41, 5.74) is 5.50. The second-order valence-corrected chi connectivity index (χ2v) is 8.03. The van der Waals surface area contributed by atoms with Crippen LogP contribution in [0.1, 0.15) is 78.6 Å². The van der Waals surface area contributed by atoms with E-state index < -0.39 is 12.1 Å². The molecule has 0 rings (SSSR count). The molecule has 0 spiro atoms. The summed E-state index contributed by atoms with van der Waals surface area (Å²) in [6.45, 7) is 6.54. The number of urea groups is 2. The Morgan fingerprint density at radius 3 is 1.35 bits per heavy atom. The van der Waals surface area contributed by atoms with E-state index in [1.54, 1.807) is 23.1 Å². The van der Waals surface area contributed by atoms with Crippen molar-refractivity contribution in [1.29, 1.82) is 0 Å². The minimum atomic E-state index is -0.851. The molecule has 0 aliphatic rings. The summed E-state index contributed by atoms with van der Waals surface area (Å²) in [6.07, 6.45) is 10.0. The highest BCUT2D eigenvalue weighted by atomic mass is 16.2. The summed E-state index contributed by atoms with van der Waals surface area (Å²) in [6, 6.07) is -1.91. The highest BCUT2D eigenvalue weighted by Crippen LogP contribution is 2.13. The van der Waals surface area contributed by atoms with Crippen molar-refractivity contribution in [3.05, 3.63) is 0 Å². The average molecular weight is 479 g/mol. The van der Waals surface area contributed by atoms with Gasteiger partial charge in [-0.3, -0.25) is 0 Å². The molecule has 2 N–H and O–H groups in total. The van der Waals surface area contributed by atoms with Crippen LogP contribution in [0.4, 0.5) is 9.59 Å². The lowest BCUT2D eigenvalue weighted by Crippen LogP contribution is -2.49. The molecule has 11 nitrogen and oxygen atoms in total. The van der Waals surface area contributed by atoms with E-state index in [1.807, 2.05) is 20.8 Å². The smallest absolute Gasteiger partial charge is 0.328 e. The molecule has 11 heteroatoms. The van der Waals surface area contributed by atoms with Gasteiger partial charge in [-0.05, 0) is 57.8 Å². The third-order valence-electron chi connectivity index (χ3n) is 5.74. The molecule has 3 atom stereocenters. The van der Waals surface area contributed by atoms with E-state index in [0.29, 0.717) is 70.9 Å². The Hall–Kier alpha value is -3.12. The maximum absolute atomic E-state index is 13.2. The molecule has 3 unspecified atom stereocenters. The van der Waals surface area contributed by atoms with Gasteiger partial charge in [0.1, 0.15) is 0 Å². The molecule has 4 amide bonds. The van der Waals surface area contributed by atoms with Crippen molar-refractivity contribution >= 4 is 30.3 Å². The van der Waals surface area contributed by atoms with Gasteiger partial charge in [0.15, 0.2) is 0 Å². The summed E-state index contributed by atoms with van der Waals surface area (Å²) < 4.78 is 0. The van der Waals surface area contributed by atoms with Crippen LogP contribution in [0.3, 0.4) is 0 Å². The lowest BCUT2D eigenvalue weighted by molar-refractivity contribution is 0.154. The Bertz CT molecular complexity index is 725. The van der Waals surface area contributed by atoms with E-state index in [9.17, 15) is 24.0 Å². The molecule has 0 aromatic heterocycles. The standard InChI is InChI=1S/C23H38N6O5/c1-4-19(25-16-30)10-7-13-28(14-8-11-20(5-2)26-17-31)23(34)29(22(24)33)15-9-12-21(6-3)27-18-32/h19-21H,4-15H2,1-3H3,(H2,24,33). The van der Waals surface area contributed by atoms with E-state index in [2.05, 4.69) is 15.0 Å². The van der Waals surface area contributed by atoms with E-state index in [4.69, 9.17) is 5.73 Å². The van der Waals surface area contributed by atoms with E-state index in [-0.39, 0.29) is 24.7 Å². The van der Waals surface area contributed by atoms with Crippen LogP contribution in [-0.4, -0.2) is 77.9 Å². The van der Waals surface area contributed by atoms with Crippen LogP contribution < -0.4 is 5.73 Å². The van der Waals surface area contributed by atoms with Crippen molar-refractivity contribution in [2.45, 2.75) is 96.7 Å². The summed E-state index contributed by atoms with van der Waals surface area (Å²) in [7, 11) is 0. The molecule has 0 saturated heterocycles. The number of hydrogen-bond donors (Lipinski definition) is 1. The zero-order valence-electron chi connectivity index (χ0n) is 20.6. The van der Waals surface area contributed by atoms with Crippen molar-refractivity contribution in [1.82, 2.24) is 9.80 Å². The van der Waals surface area contributed by atoms with Crippen molar-refractivity contribution < 1.29 is 24.0 Å². The minimum absolute atomic E-state index is 0.107. The quantitative estimate of drug-likeness (QED) is 0.236. The Kier molecular flexibility index (Phi) is 17.6. The lowest BCUT2D eigenvalue weighted by atomic mass is 10.1. The number of carbonyl (C=O) groups excluding carboxylic acids is 5. The van der Waals surface area contributed by atoms with Crippen LogP contribution >= 0.6 is 0 Å². The number of nitrogens with zero attached hydrogens (tertiary/aromatic N) is 5. The zero-order valence-corrected chi connectivity index (χ0v) is 20.6. The van der Waals surface area contributed by atoms with Gasteiger partial charge in [0, 0.05) is 19.6 Å². The first kappa shape index (κ1) is 30.9. The number of isocyanates is 3. The number of hydrogen-bond acceptors (Lipinski definition) is 8. The maximum Gasteiger partial charge on any atom is 0.328 e. The van der Waals surface area contributed by atoms with Gasteiger partial charge in [0.2, 0.25) is 18.2 Å². The number of amides is 4. The fourth-order valence-electron chi connectivity index (χ4n) is 3.60. The summed E-state index contributed by atoms with van der Waals surface area (Å²) in [4.78, 5) is 70.7. The van der Waals surface area contributed by atoms with Crippen LogP contribution in [-0.2, 0) is 14.4 Å². The van der Waals surface area contributed by atoms with Crippen LogP contribution in [0.15, 0.2) is 15.0 Å². The zero-order chi connectivity index (χ0) is 25.8. The molecule has 0 bridgehead atoms. The predicted octanol–water partition coefficient (Wildman–Crippen LogP) is 3.47. The largest absolute Gasteiger partial charge is 0.351 e. The third kappa shape index (κ3) is 12.8. The minimum Gasteiger partial charge on any atom is -0.351 e. The Labute approximate surface area is 201 Å². The molecular weight excluding hydrogens is 440 g/mol. The van der Waals surface area contributed by atoms with Crippen molar-refractivity contribution in [2.75, 3.05) is 19.6 Å². The number of rotatable bonds is 18. The Balaban J connectivity index is 5.28. The van der Waals surface area contributed by atoms with Gasteiger partial charge < -0.3 is 10.6 Å². The molecule has 190 valence electrons. The fourth-order valence-corrected chi connectivity index (χ4v) is 3.60. The second kappa shape index (κ2) is 19.4. The normalized spacial score (nSPS) is 12.8. The molecule has 0 aliphatic carbocycles. The summed E-state index contributed by atoms with van der Waals surface area (Å²) >= 11 is 0. The van der Waals surface area contributed by atoms with Gasteiger partial charge >= 0.3 is 12.1 Å². The molecule has 0 radical (unpaired) electrons. The van der Waals surface area contributed by atoms with Crippen LogP contribution in [0.2, 0.25) is 0 Å². The summed E-state index contributed by atoms with van der Waals surface area (Å²) in [5.74, 6) is 0. The SMILES string of the molecule is CCC(CCCN(CCCC(CC)N=C=O)C(=O)N(CCCC(CC)N=C=O)C(N)=O)N=C=O. The van der Waals surface area contributed by atoms with Crippen LogP contribution in [0.5, 0.6) is 0 Å². The predicted molar refractivity (Wildman–Crippen MR) is 128 cm³/mol. The maximum atomic E-state index is 13.2. The fraction of sp³-hybridized carbons (Fsp3) is 0.783. The molecule has 0 aliphatic heterocycles. The lowest BCUT2D eigenvalue weighted by Gasteiger charge is -2.29. The molecule has 0 aromatic rings. The van der Waals surface area contributed by atoms with Gasteiger partial charge in [0.05, 0.1) is 18.1 Å². The Morgan fingerprint density at radius 1 is 0.706 bits per heavy atom. The molecular formula is C23H38N6O5. The average Bonchev–Trinajstić information content (AvgIpc) is 2.82. The van der Waals surface area contributed by atoms with Crippen molar-refractivity contribution in [3.63, 3.8) is 0 Å². The molecule has 34 heavy (non-hydrogen) atoms. The van der Waals surface area contributed by atoms with Crippen LogP contribution in [0, 0.1) is 0 Å². The van der Waals surface area contributed by atoms with Gasteiger partial charge in [-0.15, -0.1) is 0 Å². The Morgan fingerprint density at radius 2 is 1.06 bits per heavy atom. The van der Waals surface area contributed by atoms with E-state index in [1.165, 1.54) is 0 Å². The molecule has 0 aromatic carbocycles. The molecule has 0 fully saturated rings. The van der Waals surface area contributed by atoms with Gasteiger partial charge in [0.25, 0.3) is 0 Å². The van der Waals surface area contributed by atoms with Crippen molar-refractivity contribution in [3.8, 4) is 0 Å². The highest BCUT2D eigenvalue weighted by Gasteiger charge is 2.25. The highest BCUT2D eigenvalue weighted by molar-refractivity contribution is 5.92. The topological polar surface area (TPSA) is 155 Å². The first-order chi connectivity index (χ1) is 16.4. The van der Waals surface area contributed by atoms with Gasteiger partial charge in [-0.2, -0.15) is 0 Å². The van der Waals surface area contributed by atoms with E-state index >= 15 is 0 Å². The number of nitrogens with two attached hydrogens (primary N) is 1. The molecule has 0 saturated carbocycles. The number of carbonyl (C=O) groups is 2. The first-order valence-corrected chi connectivity index (χ1v) is 11.9. The van der Waals surface area contributed by atoms with Crippen molar-refractivity contribution in [2.24, 2.45) is 20.7 Å². The van der Waals surface area contributed by atoms with Gasteiger partial charge in [-0.25, -0.2) is 43.8 Å². The molecule has 0 heterocycles. The second-order valence-electron chi connectivity index (χ2n) is 8.03. The van der Waals surface area contributed by atoms with Gasteiger partial charge in [-0.1, -0.05) is 20.8 Å². The first-order valence-electron chi connectivity index (χ1n) is 11.9. The van der Waals surface area contributed by atoms with Crippen LogP contribution in [0.25, 0.3) is 0 Å². The van der Waals surface area contributed by atoms with E-state index in [0.717, 1.165) is 4.90 Å². The summed E-state index contributed by atoms with van der Waals surface area (Å²) in [5, 5.41) is 0.